The molecule has 0 unspecified atom stereocenters. The number of phenols is 2. The van der Waals surface area contributed by atoms with E-state index in [0.717, 1.165) is 18.2 Å². The Hall–Kier alpha value is -2.04. The molecule has 0 saturated heterocycles. The van der Waals surface area contributed by atoms with Crippen LogP contribution in [-0.2, 0) is 4.79 Å². The number of hydrogen-bond donors (Lipinski definition) is 3. The van der Waals surface area contributed by atoms with Crippen molar-refractivity contribution in [2.45, 2.75) is 0 Å². The monoisotopic (exact) mass is 198 g/mol. The van der Waals surface area contributed by atoms with Crippen molar-refractivity contribution in [2.75, 3.05) is 0 Å². The molecule has 4 nitrogen and oxygen atoms in total. The summed E-state index contributed by atoms with van der Waals surface area (Å²) < 4.78 is 13.0. The van der Waals surface area contributed by atoms with Gasteiger partial charge in [0.2, 0.25) is 0 Å². The van der Waals surface area contributed by atoms with Crippen molar-refractivity contribution in [1.82, 2.24) is 0 Å². The normalized spacial score (nSPS) is 11.4. The molecule has 14 heavy (non-hydrogen) atoms. The van der Waals surface area contributed by atoms with Crippen LogP contribution in [0.2, 0.25) is 0 Å². The lowest BCUT2D eigenvalue weighted by molar-refractivity contribution is -0.131. The summed E-state index contributed by atoms with van der Waals surface area (Å²) in [5.74, 6) is -3.31. The third-order valence-corrected chi connectivity index (χ3v) is 1.50. The zero-order valence-corrected chi connectivity index (χ0v) is 6.94. The van der Waals surface area contributed by atoms with Crippen LogP contribution in [0.5, 0.6) is 11.5 Å². The maximum atomic E-state index is 13.0. The zero-order chi connectivity index (χ0) is 10.7. The summed E-state index contributed by atoms with van der Waals surface area (Å²) in [5.41, 5.74) is -0.109. The topological polar surface area (TPSA) is 77.8 Å². The van der Waals surface area contributed by atoms with Crippen LogP contribution in [0.1, 0.15) is 5.56 Å². The van der Waals surface area contributed by atoms with E-state index in [9.17, 15) is 9.18 Å². The Bertz CT molecular complexity index is 398. The van der Waals surface area contributed by atoms with Crippen LogP contribution in [0, 0.1) is 0 Å². The van der Waals surface area contributed by atoms with E-state index in [1.807, 2.05) is 0 Å². The number of benzene rings is 1. The number of carbonyl (C=O) groups is 1. The van der Waals surface area contributed by atoms with Gasteiger partial charge in [0, 0.05) is 5.56 Å². The Morgan fingerprint density at radius 2 is 1.93 bits per heavy atom. The summed E-state index contributed by atoms with van der Waals surface area (Å²) in [7, 11) is 0. The Labute approximate surface area is 78.5 Å². The van der Waals surface area contributed by atoms with Crippen molar-refractivity contribution < 1.29 is 24.5 Å². The highest BCUT2D eigenvalue weighted by Crippen LogP contribution is 2.28. The second-order valence-electron chi connectivity index (χ2n) is 2.53. The zero-order valence-electron chi connectivity index (χ0n) is 6.94. The van der Waals surface area contributed by atoms with Gasteiger partial charge in [0.25, 0.3) is 0 Å². The molecule has 74 valence electrons. The minimum atomic E-state index is -1.42. The summed E-state index contributed by atoms with van der Waals surface area (Å²) in [4.78, 5) is 10.1. The molecule has 0 amide bonds. The number of aromatic hydroxyl groups is 2. The molecule has 0 aliphatic heterocycles. The van der Waals surface area contributed by atoms with E-state index in [1.165, 1.54) is 0 Å². The maximum absolute atomic E-state index is 13.0. The molecular weight excluding hydrogens is 191 g/mol. The molecular formula is C9H7FO4. The van der Waals surface area contributed by atoms with Crippen LogP contribution in [0.15, 0.2) is 24.3 Å². The third kappa shape index (κ3) is 2.22. The fraction of sp³-hybridized carbons (Fsp3) is 0. The summed E-state index contributed by atoms with van der Waals surface area (Å²) in [6, 6.07) is 3.16. The number of carboxylic acid groups (broad SMARTS) is 1. The van der Waals surface area contributed by atoms with Crippen LogP contribution >= 0.6 is 0 Å². The van der Waals surface area contributed by atoms with Gasteiger partial charge in [-0.3, -0.25) is 0 Å². The van der Waals surface area contributed by atoms with Crippen molar-refractivity contribution in [2.24, 2.45) is 0 Å². The highest BCUT2D eigenvalue weighted by molar-refractivity contribution is 5.88. The molecule has 0 radical (unpaired) electrons. The maximum Gasteiger partial charge on any atom is 0.331 e. The van der Waals surface area contributed by atoms with Crippen LogP contribution < -0.4 is 0 Å². The Balaban J connectivity index is 3.09. The molecule has 0 aliphatic rings. The van der Waals surface area contributed by atoms with Crippen molar-refractivity contribution in [3.05, 3.63) is 29.8 Å². The first kappa shape index (κ1) is 10.0. The predicted molar refractivity (Wildman–Crippen MR) is 46.5 cm³/mol. The Morgan fingerprint density at radius 3 is 2.43 bits per heavy atom. The smallest absolute Gasteiger partial charge is 0.331 e. The first-order chi connectivity index (χ1) is 6.50. The molecule has 1 aromatic rings. The Kier molecular flexibility index (Phi) is 2.71. The summed E-state index contributed by atoms with van der Waals surface area (Å²) in [5, 5.41) is 26.1. The largest absolute Gasteiger partial charge is 0.504 e. The molecule has 0 fully saturated rings. The summed E-state index contributed by atoms with van der Waals surface area (Å²) in [6.45, 7) is 0. The van der Waals surface area contributed by atoms with E-state index >= 15 is 0 Å². The van der Waals surface area contributed by atoms with Gasteiger partial charge in [0.1, 0.15) is 5.83 Å². The van der Waals surface area contributed by atoms with Crippen molar-refractivity contribution >= 4 is 11.8 Å². The van der Waals surface area contributed by atoms with Gasteiger partial charge in [-0.2, -0.15) is 0 Å². The van der Waals surface area contributed by atoms with E-state index < -0.39 is 23.3 Å². The summed E-state index contributed by atoms with van der Waals surface area (Å²) >= 11 is 0. The quantitative estimate of drug-likeness (QED) is 0.497. The van der Waals surface area contributed by atoms with Gasteiger partial charge in [-0.25, -0.2) is 9.18 Å². The van der Waals surface area contributed by atoms with Gasteiger partial charge in [-0.05, 0) is 18.2 Å². The SMILES string of the molecule is O=C(O)/C=C(\F)c1ccc(O)c(O)c1. The van der Waals surface area contributed by atoms with Gasteiger partial charge >= 0.3 is 5.97 Å². The van der Waals surface area contributed by atoms with Gasteiger partial charge < -0.3 is 15.3 Å². The standard InChI is InChI=1S/C9H7FO4/c10-6(4-9(13)14)5-1-2-7(11)8(12)3-5/h1-4,11-12H,(H,13,14)/b6-4-. The summed E-state index contributed by atoms with van der Waals surface area (Å²) in [6.07, 6.45) is 0.367. The van der Waals surface area contributed by atoms with Crippen LogP contribution in [0.3, 0.4) is 0 Å². The second-order valence-corrected chi connectivity index (χ2v) is 2.53. The van der Waals surface area contributed by atoms with Gasteiger partial charge in [0.05, 0.1) is 6.08 Å². The number of aliphatic carboxylic acids is 1. The lowest BCUT2D eigenvalue weighted by atomic mass is 10.1. The van der Waals surface area contributed by atoms with E-state index in [-0.39, 0.29) is 5.56 Å². The highest BCUT2D eigenvalue weighted by atomic mass is 19.1. The molecule has 0 spiro atoms. The van der Waals surface area contributed by atoms with Crippen LogP contribution in [0.25, 0.3) is 5.83 Å². The number of phenolic OH excluding ortho intramolecular Hbond substituents is 2. The lowest BCUT2D eigenvalue weighted by Gasteiger charge is -2.00. The second kappa shape index (κ2) is 3.78. The van der Waals surface area contributed by atoms with Gasteiger partial charge in [-0.1, -0.05) is 0 Å². The number of carboxylic acids is 1. The van der Waals surface area contributed by atoms with Crippen LogP contribution in [0.4, 0.5) is 4.39 Å². The van der Waals surface area contributed by atoms with Gasteiger partial charge in [0.15, 0.2) is 11.5 Å². The molecule has 1 rings (SSSR count). The molecule has 1 aromatic carbocycles. The molecule has 5 heteroatoms. The molecule has 0 saturated carbocycles. The van der Waals surface area contributed by atoms with Gasteiger partial charge in [-0.15, -0.1) is 0 Å². The van der Waals surface area contributed by atoms with E-state index in [4.69, 9.17) is 15.3 Å². The average molecular weight is 198 g/mol. The molecule has 0 atom stereocenters. The molecule has 0 aliphatic carbocycles. The fourth-order valence-corrected chi connectivity index (χ4v) is 0.864. The van der Waals surface area contributed by atoms with Crippen molar-refractivity contribution in [3.63, 3.8) is 0 Å². The van der Waals surface area contributed by atoms with Crippen LogP contribution in [-0.4, -0.2) is 21.3 Å². The fourth-order valence-electron chi connectivity index (χ4n) is 0.864. The Morgan fingerprint density at radius 1 is 1.29 bits per heavy atom. The number of rotatable bonds is 2. The minimum absolute atomic E-state index is 0.109. The molecule has 0 heterocycles. The third-order valence-electron chi connectivity index (χ3n) is 1.50. The van der Waals surface area contributed by atoms with Crippen molar-refractivity contribution in [3.8, 4) is 11.5 Å². The van der Waals surface area contributed by atoms with E-state index in [2.05, 4.69) is 0 Å². The molecule has 3 N–H and O–H groups in total. The highest BCUT2D eigenvalue weighted by Gasteiger charge is 2.06. The molecule has 0 aromatic heterocycles. The van der Waals surface area contributed by atoms with Crippen molar-refractivity contribution in [1.29, 1.82) is 0 Å². The first-order valence-corrected chi connectivity index (χ1v) is 3.63. The minimum Gasteiger partial charge on any atom is -0.504 e. The van der Waals surface area contributed by atoms with E-state index in [0.29, 0.717) is 6.08 Å². The number of hydrogen-bond acceptors (Lipinski definition) is 3. The number of halogens is 1. The average Bonchev–Trinajstić information content (AvgIpc) is 2.08. The lowest BCUT2D eigenvalue weighted by Crippen LogP contribution is -1.89. The van der Waals surface area contributed by atoms with E-state index in [1.54, 1.807) is 0 Å². The predicted octanol–water partition coefficient (Wildman–Crippen LogP) is 1.49. The first-order valence-electron chi connectivity index (χ1n) is 3.63. The molecule has 0 bridgehead atoms.